The van der Waals surface area contributed by atoms with E-state index in [0.717, 1.165) is 6.54 Å². The third-order valence-electron chi connectivity index (χ3n) is 2.38. The highest BCUT2D eigenvalue weighted by molar-refractivity contribution is 9.10. The predicted octanol–water partition coefficient (Wildman–Crippen LogP) is 1.22. The summed E-state index contributed by atoms with van der Waals surface area (Å²) < 4.78 is 2.22. The van der Waals surface area contributed by atoms with Crippen molar-refractivity contribution in [1.82, 2.24) is 25.1 Å². The van der Waals surface area contributed by atoms with Gasteiger partial charge in [-0.25, -0.2) is 14.6 Å². The summed E-state index contributed by atoms with van der Waals surface area (Å²) in [5.41, 5.74) is 0.331. The second-order valence-electron chi connectivity index (χ2n) is 3.61. The Hall–Kier alpha value is -1.96. The minimum Gasteiger partial charge on any atom is -0.369 e. The van der Waals surface area contributed by atoms with Gasteiger partial charge in [-0.15, -0.1) is 0 Å². The van der Waals surface area contributed by atoms with Gasteiger partial charge in [0.2, 0.25) is 0 Å². The molecule has 0 bridgehead atoms. The molecule has 0 aromatic carbocycles. The first kappa shape index (κ1) is 13.5. The summed E-state index contributed by atoms with van der Waals surface area (Å²) in [5.74, 6) is 1.02. The normalized spacial score (nSPS) is 10.3. The monoisotopic (exact) mass is 324 g/mol. The first-order chi connectivity index (χ1) is 9.17. The van der Waals surface area contributed by atoms with E-state index in [2.05, 4.69) is 41.6 Å². The molecule has 0 aliphatic carbocycles. The SMILES string of the molecule is CCNc1ncnc(-n2ccc(C(=O)NC)n2)c1Br. The van der Waals surface area contributed by atoms with Gasteiger partial charge in [-0.3, -0.25) is 4.79 Å². The Morgan fingerprint density at radius 3 is 2.95 bits per heavy atom. The minimum absolute atomic E-state index is 0.240. The first-order valence-corrected chi connectivity index (χ1v) is 6.49. The van der Waals surface area contributed by atoms with Gasteiger partial charge in [0.1, 0.15) is 16.6 Å². The Morgan fingerprint density at radius 2 is 2.26 bits per heavy atom. The van der Waals surface area contributed by atoms with Gasteiger partial charge in [0.15, 0.2) is 11.5 Å². The molecule has 0 radical (unpaired) electrons. The average molecular weight is 325 g/mol. The molecule has 0 spiro atoms. The summed E-state index contributed by atoms with van der Waals surface area (Å²) in [6.07, 6.45) is 3.12. The number of halogens is 1. The topological polar surface area (TPSA) is 84.7 Å². The predicted molar refractivity (Wildman–Crippen MR) is 74.4 cm³/mol. The first-order valence-electron chi connectivity index (χ1n) is 5.69. The maximum atomic E-state index is 11.5. The highest BCUT2D eigenvalue weighted by Gasteiger charge is 2.13. The number of amides is 1. The van der Waals surface area contributed by atoms with E-state index in [1.165, 1.54) is 11.0 Å². The second kappa shape index (κ2) is 5.79. The van der Waals surface area contributed by atoms with E-state index >= 15 is 0 Å². The van der Waals surface area contributed by atoms with Crippen LogP contribution in [0.25, 0.3) is 5.82 Å². The van der Waals surface area contributed by atoms with Crippen LogP contribution in [0.2, 0.25) is 0 Å². The number of nitrogens with one attached hydrogen (secondary N) is 2. The van der Waals surface area contributed by atoms with Gasteiger partial charge in [-0.05, 0) is 28.9 Å². The van der Waals surface area contributed by atoms with Crippen molar-refractivity contribution in [3.05, 3.63) is 28.8 Å². The van der Waals surface area contributed by atoms with Crippen LogP contribution in [0.15, 0.2) is 23.1 Å². The standard InChI is InChI=1S/C11H13BrN6O/c1-3-14-9-8(12)10(16-6-15-9)18-5-4-7(17-18)11(19)13-2/h4-6H,3H2,1-2H3,(H,13,19)(H,14,15,16). The molecular formula is C11H13BrN6O. The van der Waals surface area contributed by atoms with Crippen LogP contribution in [0.5, 0.6) is 0 Å². The van der Waals surface area contributed by atoms with Crippen LogP contribution in [-0.2, 0) is 0 Å². The van der Waals surface area contributed by atoms with E-state index < -0.39 is 0 Å². The third kappa shape index (κ3) is 2.73. The average Bonchev–Trinajstić information content (AvgIpc) is 2.90. The zero-order valence-electron chi connectivity index (χ0n) is 10.5. The molecule has 8 heteroatoms. The van der Waals surface area contributed by atoms with Crippen molar-refractivity contribution in [3.8, 4) is 5.82 Å². The number of hydrogen-bond donors (Lipinski definition) is 2. The molecule has 19 heavy (non-hydrogen) atoms. The lowest BCUT2D eigenvalue weighted by atomic mass is 10.4. The van der Waals surface area contributed by atoms with E-state index in [4.69, 9.17) is 0 Å². The molecule has 7 nitrogen and oxygen atoms in total. The lowest BCUT2D eigenvalue weighted by molar-refractivity contribution is 0.0957. The fourth-order valence-electron chi connectivity index (χ4n) is 1.50. The number of rotatable bonds is 4. The van der Waals surface area contributed by atoms with E-state index in [-0.39, 0.29) is 5.91 Å². The van der Waals surface area contributed by atoms with Gasteiger partial charge in [0.25, 0.3) is 5.91 Å². The van der Waals surface area contributed by atoms with E-state index in [0.29, 0.717) is 21.8 Å². The van der Waals surface area contributed by atoms with E-state index in [1.807, 2.05) is 6.92 Å². The molecule has 0 unspecified atom stereocenters. The molecule has 2 N–H and O–H groups in total. The molecule has 0 saturated heterocycles. The lowest BCUT2D eigenvalue weighted by Gasteiger charge is -2.08. The molecular weight excluding hydrogens is 312 g/mol. The molecule has 2 heterocycles. The Morgan fingerprint density at radius 1 is 1.47 bits per heavy atom. The summed E-state index contributed by atoms with van der Waals surface area (Å²) in [4.78, 5) is 19.8. The van der Waals surface area contributed by atoms with Crippen LogP contribution in [-0.4, -0.2) is 39.2 Å². The molecule has 2 aromatic rings. The Balaban J connectivity index is 2.39. The van der Waals surface area contributed by atoms with Crippen molar-refractivity contribution in [3.63, 3.8) is 0 Å². The van der Waals surface area contributed by atoms with Crippen molar-refractivity contribution in [2.24, 2.45) is 0 Å². The molecule has 0 fully saturated rings. The second-order valence-corrected chi connectivity index (χ2v) is 4.41. The molecule has 0 aliphatic heterocycles. The molecule has 1 amide bonds. The number of aromatic nitrogens is 4. The number of carbonyl (C=O) groups is 1. The van der Waals surface area contributed by atoms with Crippen LogP contribution >= 0.6 is 15.9 Å². The van der Waals surface area contributed by atoms with E-state index in [9.17, 15) is 4.79 Å². The van der Waals surface area contributed by atoms with Gasteiger partial charge >= 0.3 is 0 Å². The van der Waals surface area contributed by atoms with Crippen LogP contribution in [0.4, 0.5) is 5.82 Å². The van der Waals surface area contributed by atoms with Gasteiger partial charge in [-0.2, -0.15) is 5.10 Å². The van der Waals surface area contributed by atoms with Crippen LogP contribution in [0.1, 0.15) is 17.4 Å². The number of nitrogens with zero attached hydrogens (tertiary/aromatic N) is 4. The highest BCUT2D eigenvalue weighted by Crippen LogP contribution is 2.24. The number of hydrogen-bond acceptors (Lipinski definition) is 5. The molecule has 0 saturated carbocycles. The van der Waals surface area contributed by atoms with Gasteiger partial charge < -0.3 is 10.6 Å². The van der Waals surface area contributed by atoms with Gasteiger partial charge in [0, 0.05) is 19.8 Å². The zero-order chi connectivity index (χ0) is 13.8. The molecule has 2 rings (SSSR count). The number of carbonyl (C=O) groups excluding carboxylic acids is 1. The maximum Gasteiger partial charge on any atom is 0.271 e. The minimum atomic E-state index is -0.240. The smallest absolute Gasteiger partial charge is 0.271 e. The lowest BCUT2D eigenvalue weighted by Crippen LogP contribution is -2.18. The van der Waals surface area contributed by atoms with Crippen molar-refractivity contribution >= 4 is 27.7 Å². The molecule has 100 valence electrons. The Bertz CT molecular complexity index is 597. The number of anilines is 1. The Kier molecular flexibility index (Phi) is 4.10. The highest BCUT2D eigenvalue weighted by atomic mass is 79.9. The zero-order valence-corrected chi connectivity index (χ0v) is 12.1. The van der Waals surface area contributed by atoms with Crippen molar-refractivity contribution < 1.29 is 4.79 Å². The van der Waals surface area contributed by atoms with E-state index in [1.54, 1.807) is 19.3 Å². The van der Waals surface area contributed by atoms with Crippen molar-refractivity contribution in [2.45, 2.75) is 6.92 Å². The largest absolute Gasteiger partial charge is 0.369 e. The van der Waals surface area contributed by atoms with Gasteiger partial charge in [-0.1, -0.05) is 0 Å². The molecule has 0 aliphatic rings. The van der Waals surface area contributed by atoms with Crippen LogP contribution in [0, 0.1) is 0 Å². The van der Waals surface area contributed by atoms with Crippen molar-refractivity contribution in [1.29, 1.82) is 0 Å². The summed E-state index contributed by atoms with van der Waals surface area (Å²) in [5, 5.41) is 9.80. The fraction of sp³-hybridized carbons (Fsp3) is 0.273. The van der Waals surface area contributed by atoms with Crippen molar-refractivity contribution in [2.75, 3.05) is 18.9 Å². The summed E-state index contributed by atoms with van der Waals surface area (Å²) in [7, 11) is 1.56. The third-order valence-corrected chi connectivity index (χ3v) is 3.11. The fourth-order valence-corrected chi connectivity index (χ4v) is 2.03. The van der Waals surface area contributed by atoms with Gasteiger partial charge in [0.05, 0.1) is 0 Å². The molecule has 0 atom stereocenters. The maximum absolute atomic E-state index is 11.5. The summed E-state index contributed by atoms with van der Waals surface area (Å²) in [6.45, 7) is 2.73. The quantitative estimate of drug-likeness (QED) is 0.883. The Labute approximate surface area is 118 Å². The van der Waals surface area contributed by atoms with Crippen LogP contribution < -0.4 is 10.6 Å². The van der Waals surface area contributed by atoms with Crippen LogP contribution in [0.3, 0.4) is 0 Å². The molecule has 2 aromatic heterocycles. The summed E-state index contributed by atoms with van der Waals surface area (Å²) >= 11 is 3.43. The summed E-state index contributed by atoms with van der Waals surface area (Å²) in [6, 6.07) is 1.63.